The van der Waals surface area contributed by atoms with Crippen molar-refractivity contribution in [2.45, 2.75) is 19.4 Å². The van der Waals surface area contributed by atoms with Gasteiger partial charge in [-0.05, 0) is 37.6 Å². The Balaban J connectivity index is 2.09. The molecule has 1 aromatic carbocycles. The smallest absolute Gasteiger partial charge is 0.151 e. The summed E-state index contributed by atoms with van der Waals surface area (Å²) < 4.78 is 23.2. The molecule has 100 valence electrons. The fourth-order valence-electron chi connectivity index (χ4n) is 2.33. The maximum absolute atomic E-state index is 11.6. The summed E-state index contributed by atoms with van der Waals surface area (Å²) in [5, 5.41) is 0. The molecule has 1 saturated heterocycles. The molecule has 18 heavy (non-hydrogen) atoms. The normalized spacial score (nSPS) is 22.3. The first kappa shape index (κ1) is 13.4. The molecule has 1 aliphatic heterocycles. The Morgan fingerprint density at radius 2 is 1.83 bits per heavy atom. The van der Waals surface area contributed by atoms with Gasteiger partial charge in [0.15, 0.2) is 9.84 Å². The van der Waals surface area contributed by atoms with Gasteiger partial charge < -0.3 is 5.73 Å². The summed E-state index contributed by atoms with van der Waals surface area (Å²) in [5.41, 5.74) is 7.61. The highest BCUT2D eigenvalue weighted by Gasteiger charge is 2.23. The number of anilines is 1. The topological polar surface area (TPSA) is 63.4 Å². The second kappa shape index (κ2) is 5.28. The van der Waals surface area contributed by atoms with Crippen LogP contribution in [0.25, 0.3) is 0 Å². The molecule has 2 N–H and O–H groups in total. The van der Waals surface area contributed by atoms with Crippen LogP contribution in [0.15, 0.2) is 24.3 Å². The maximum Gasteiger partial charge on any atom is 0.151 e. The van der Waals surface area contributed by atoms with Crippen molar-refractivity contribution in [3.8, 4) is 0 Å². The fraction of sp³-hybridized carbons (Fsp3) is 0.538. The second-order valence-corrected chi connectivity index (χ2v) is 7.19. The molecule has 1 unspecified atom stereocenters. The number of sulfone groups is 1. The van der Waals surface area contributed by atoms with Crippen LogP contribution in [0.3, 0.4) is 0 Å². The van der Waals surface area contributed by atoms with Crippen molar-refractivity contribution in [3.05, 3.63) is 29.8 Å². The zero-order valence-electron chi connectivity index (χ0n) is 10.7. The molecular formula is C13H20N2O2S. The average Bonchev–Trinajstić information content (AvgIpc) is 2.50. The third-order valence-corrected chi connectivity index (χ3v) is 5.27. The van der Waals surface area contributed by atoms with Gasteiger partial charge in [-0.1, -0.05) is 12.1 Å². The van der Waals surface area contributed by atoms with E-state index < -0.39 is 9.84 Å². The van der Waals surface area contributed by atoms with Crippen molar-refractivity contribution in [1.29, 1.82) is 0 Å². The third kappa shape index (κ3) is 3.23. The van der Waals surface area contributed by atoms with Gasteiger partial charge >= 0.3 is 0 Å². The van der Waals surface area contributed by atoms with Crippen LogP contribution in [0.1, 0.15) is 24.9 Å². The van der Waals surface area contributed by atoms with Gasteiger partial charge in [-0.3, -0.25) is 4.90 Å². The summed E-state index contributed by atoms with van der Waals surface area (Å²) in [6.07, 6.45) is 0.724. The van der Waals surface area contributed by atoms with E-state index in [4.69, 9.17) is 5.73 Å². The molecule has 0 saturated carbocycles. The molecule has 4 nitrogen and oxygen atoms in total. The lowest BCUT2D eigenvalue weighted by Gasteiger charge is -2.27. The van der Waals surface area contributed by atoms with E-state index in [0.29, 0.717) is 12.3 Å². The molecule has 0 spiro atoms. The monoisotopic (exact) mass is 268 g/mol. The molecule has 0 radical (unpaired) electrons. The molecule has 0 aliphatic carbocycles. The van der Waals surface area contributed by atoms with Gasteiger partial charge in [0.1, 0.15) is 0 Å². The van der Waals surface area contributed by atoms with Crippen LogP contribution in [0.5, 0.6) is 0 Å². The van der Waals surface area contributed by atoms with Gasteiger partial charge in [-0.2, -0.15) is 0 Å². The number of nitrogens with zero attached hydrogens (tertiary/aromatic N) is 1. The summed E-state index contributed by atoms with van der Waals surface area (Å²) in [6.45, 7) is 3.57. The Hall–Kier alpha value is -1.07. The molecule has 5 heteroatoms. The molecular weight excluding hydrogens is 248 g/mol. The SMILES string of the molecule is CC(c1ccc(N)cc1)N1CCCS(=O)(=O)CC1. The van der Waals surface area contributed by atoms with Crippen LogP contribution in [0.2, 0.25) is 0 Å². The quantitative estimate of drug-likeness (QED) is 0.825. The van der Waals surface area contributed by atoms with Crippen molar-refractivity contribution < 1.29 is 8.42 Å². The minimum Gasteiger partial charge on any atom is -0.399 e. The van der Waals surface area contributed by atoms with Crippen LogP contribution in [0.4, 0.5) is 5.69 Å². The lowest BCUT2D eigenvalue weighted by Crippen LogP contribution is -2.30. The van der Waals surface area contributed by atoms with Crippen molar-refractivity contribution in [3.63, 3.8) is 0 Å². The van der Waals surface area contributed by atoms with E-state index in [1.807, 2.05) is 24.3 Å². The zero-order chi connectivity index (χ0) is 13.2. The van der Waals surface area contributed by atoms with E-state index in [-0.39, 0.29) is 11.8 Å². The van der Waals surface area contributed by atoms with Crippen LogP contribution in [-0.2, 0) is 9.84 Å². The first-order valence-corrected chi connectivity index (χ1v) is 8.10. The molecule has 1 heterocycles. The van der Waals surface area contributed by atoms with Gasteiger partial charge in [0.2, 0.25) is 0 Å². The summed E-state index contributed by atoms with van der Waals surface area (Å²) in [7, 11) is -2.84. The standard InChI is InChI=1S/C13H20N2O2S/c1-11(12-3-5-13(14)6-4-12)15-7-2-9-18(16,17)10-8-15/h3-6,11H,2,7-10,14H2,1H3. The first-order chi connectivity index (χ1) is 8.48. The fourth-order valence-corrected chi connectivity index (χ4v) is 3.62. The Morgan fingerprint density at radius 3 is 2.50 bits per heavy atom. The molecule has 0 amide bonds. The third-order valence-electron chi connectivity index (χ3n) is 3.56. The van der Waals surface area contributed by atoms with E-state index in [0.717, 1.165) is 18.7 Å². The average molecular weight is 268 g/mol. The Bertz CT molecular complexity index is 496. The molecule has 1 aromatic rings. The number of benzene rings is 1. The minimum absolute atomic E-state index is 0.235. The predicted octanol–water partition coefficient (Wildman–Crippen LogP) is 1.45. The Kier molecular flexibility index (Phi) is 3.92. The zero-order valence-corrected chi connectivity index (χ0v) is 11.5. The van der Waals surface area contributed by atoms with Gasteiger partial charge in [0.25, 0.3) is 0 Å². The van der Waals surface area contributed by atoms with Gasteiger partial charge in [-0.15, -0.1) is 0 Å². The number of nitrogen functional groups attached to an aromatic ring is 1. The molecule has 0 bridgehead atoms. The second-order valence-electron chi connectivity index (χ2n) is 4.88. The van der Waals surface area contributed by atoms with Gasteiger partial charge in [-0.25, -0.2) is 8.42 Å². The summed E-state index contributed by atoms with van der Waals surface area (Å²) in [4.78, 5) is 2.23. The lowest BCUT2D eigenvalue weighted by molar-refractivity contribution is 0.228. The van der Waals surface area contributed by atoms with Crippen LogP contribution in [0, 0.1) is 0 Å². The Morgan fingerprint density at radius 1 is 1.17 bits per heavy atom. The first-order valence-electron chi connectivity index (χ1n) is 6.28. The molecule has 2 rings (SSSR count). The summed E-state index contributed by atoms with van der Waals surface area (Å²) >= 11 is 0. The van der Waals surface area contributed by atoms with Crippen LogP contribution in [-0.4, -0.2) is 37.9 Å². The van der Waals surface area contributed by atoms with Crippen molar-refractivity contribution in [2.75, 3.05) is 30.3 Å². The molecule has 1 atom stereocenters. The highest BCUT2D eigenvalue weighted by atomic mass is 32.2. The van der Waals surface area contributed by atoms with Crippen molar-refractivity contribution in [2.24, 2.45) is 0 Å². The van der Waals surface area contributed by atoms with Gasteiger partial charge in [0.05, 0.1) is 11.5 Å². The number of nitrogens with two attached hydrogens (primary N) is 1. The van der Waals surface area contributed by atoms with Crippen molar-refractivity contribution in [1.82, 2.24) is 4.90 Å². The van der Waals surface area contributed by atoms with E-state index in [2.05, 4.69) is 11.8 Å². The maximum atomic E-state index is 11.6. The highest BCUT2D eigenvalue weighted by Crippen LogP contribution is 2.22. The summed E-state index contributed by atoms with van der Waals surface area (Å²) in [6, 6.07) is 8.04. The predicted molar refractivity (Wildman–Crippen MR) is 74.1 cm³/mol. The number of hydrogen-bond donors (Lipinski definition) is 1. The molecule has 0 aromatic heterocycles. The Labute approximate surface area is 109 Å². The van der Waals surface area contributed by atoms with E-state index in [9.17, 15) is 8.42 Å². The molecule has 1 aliphatic rings. The molecule has 1 fully saturated rings. The largest absolute Gasteiger partial charge is 0.399 e. The van der Waals surface area contributed by atoms with E-state index >= 15 is 0 Å². The minimum atomic E-state index is -2.84. The number of rotatable bonds is 2. The van der Waals surface area contributed by atoms with Crippen LogP contribution < -0.4 is 5.73 Å². The number of hydrogen-bond acceptors (Lipinski definition) is 4. The highest BCUT2D eigenvalue weighted by molar-refractivity contribution is 7.91. The van der Waals surface area contributed by atoms with Gasteiger partial charge in [0, 0.05) is 18.3 Å². The summed E-state index contributed by atoms with van der Waals surface area (Å²) in [5.74, 6) is 0.588. The van der Waals surface area contributed by atoms with Crippen molar-refractivity contribution >= 4 is 15.5 Å². The van der Waals surface area contributed by atoms with E-state index in [1.165, 1.54) is 5.56 Å². The van der Waals surface area contributed by atoms with E-state index in [1.54, 1.807) is 0 Å². The van der Waals surface area contributed by atoms with Crippen LogP contribution >= 0.6 is 0 Å². The lowest BCUT2D eigenvalue weighted by atomic mass is 10.1.